The number of aryl methyl sites for hydroxylation is 1. The zero-order valence-electron chi connectivity index (χ0n) is 22.2. The summed E-state index contributed by atoms with van der Waals surface area (Å²) < 4.78 is 35.8. The first kappa shape index (κ1) is 27.8. The van der Waals surface area contributed by atoms with E-state index < -0.39 is 11.6 Å². The maximum absolute atomic E-state index is 15.1. The number of unbranched alkanes of at least 4 members (excludes halogenated alkanes) is 2. The van der Waals surface area contributed by atoms with Gasteiger partial charge in [-0.3, -0.25) is 4.79 Å². The van der Waals surface area contributed by atoms with Gasteiger partial charge in [0.15, 0.2) is 0 Å². The van der Waals surface area contributed by atoms with Gasteiger partial charge < -0.3 is 10.1 Å². The highest BCUT2D eigenvalue weighted by molar-refractivity contribution is 5.86. The number of halogens is 2. The standard InChI is InChI=1S/C34H33F2NO2/c1-3-5-6-7-24-8-10-25(11-9-24)27-14-18-31(32(35)22-27)28-15-19-30(33(36)23-28)26-12-16-29(17-13-26)39-21-20-37-34(38)4-2/h4,8-19,22-23H,2-3,5-7,20-21H2,1H3,(H,37,38). The van der Waals surface area contributed by atoms with Gasteiger partial charge in [-0.25, -0.2) is 8.78 Å². The zero-order chi connectivity index (χ0) is 27.6. The second kappa shape index (κ2) is 13.5. The van der Waals surface area contributed by atoms with Crippen molar-refractivity contribution >= 4 is 5.91 Å². The van der Waals surface area contributed by atoms with Gasteiger partial charge in [-0.15, -0.1) is 0 Å². The summed E-state index contributed by atoms with van der Waals surface area (Å²) in [5.74, 6) is -0.476. The topological polar surface area (TPSA) is 38.3 Å². The number of rotatable bonds is 12. The van der Waals surface area contributed by atoms with Gasteiger partial charge in [0.1, 0.15) is 24.0 Å². The first-order chi connectivity index (χ1) is 19.0. The molecule has 4 aromatic carbocycles. The van der Waals surface area contributed by atoms with Crippen LogP contribution < -0.4 is 10.1 Å². The summed E-state index contributed by atoms with van der Waals surface area (Å²) in [6.07, 6.45) is 5.84. The second-order valence-corrected chi connectivity index (χ2v) is 9.41. The van der Waals surface area contributed by atoms with Crippen LogP contribution in [0.2, 0.25) is 0 Å². The monoisotopic (exact) mass is 525 g/mol. The van der Waals surface area contributed by atoms with E-state index in [1.165, 1.54) is 43.0 Å². The van der Waals surface area contributed by atoms with Gasteiger partial charge >= 0.3 is 0 Å². The summed E-state index contributed by atoms with van der Waals surface area (Å²) in [4.78, 5) is 11.2. The third kappa shape index (κ3) is 7.41. The summed E-state index contributed by atoms with van der Waals surface area (Å²) in [6.45, 7) is 6.24. The molecule has 0 saturated heterocycles. The van der Waals surface area contributed by atoms with Gasteiger partial charge in [-0.2, -0.15) is 0 Å². The van der Waals surface area contributed by atoms with E-state index in [2.05, 4.69) is 31.0 Å². The molecular weight excluding hydrogens is 492 g/mol. The molecule has 0 aliphatic rings. The largest absolute Gasteiger partial charge is 0.492 e. The Morgan fingerprint density at radius 2 is 1.38 bits per heavy atom. The van der Waals surface area contributed by atoms with E-state index >= 15 is 8.78 Å². The van der Waals surface area contributed by atoms with Crippen molar-refractivity contribution in [3.8, 4) is 39.1 Å². The van der Waals surface area contributed by atoms with Crippen LogP contribution in [0.3, 0.4) is 0 Å². The molecule has 39 heavy (non-hydrogen) atoms. The average molecular weight is 526 g/mol. The molecule has 0 bridgehead atoms. The molecule has 4 rings (SSSR count). The maximum atomic E-state index is 15.1. The highest BCUT2D eigenvalue weighted by Gasteiger charge is 2.12. The molecule has 0 aromatic heterocycles. The van der Waals surface area contributed by atoms with Crippen LogP contribution in [0.25, 0.3) is 33.4 Å². The first-order valence-corrected chi connectivity index (χ1v) is 13.3. The number of carbonyl (C=O) groups excluding carboxylic acids is 1. The minimum absolute atomic E-state index is 0.258. The third-order valence-electron chi connectivity index (χ3n) is 6.63. The minimum atomic E-state index is -0.435. The molecule has 0 atom stereocenters. The molecule has 200 valence electrons. The van der Waals surface area contributed by atoms with Crippen LogP contribution in [0.4, 0.5) is 8.78 Å². The van der Waals surface area contributed by atoms with E-state index in [0.29, 0.717) is 41.2 Å². The molecule has 0 radical (unpaired) electrons. The smallest absolute Gasteiger partial charge is 0.243 e. The van der Waals surface area contributed by atoms with Gasteiger partial charge in [-0.05, 0) is 71.0 Å². The van der Waals surface area contributed by atoms with E-state index in [1.54, 1.807) is 42.5 Å². The van der Waals surface area contributed by atoms with Crippen molar-refractivity contribution in [2.24, 2.45) is 0 Å². The van der Waals surface area contributed by atoms with Crippen molar-refractivity contribution in [3.63, 3.8) is 0 Å². The van der Waals surface area contributed by atoms with Gasteiger partial charge in [0, 0.05) is 11.1 Å². The Labute approximate surface area is 229 Å². The summed E-state index contributed by atoms with van der Waals surface area (Å²) in [5, 5.41) is 2.63. The van der Waals surface area contributed by atoms with Gasteiger partial charge in [0.05, 0.1) is 6.54 Å². The SMILES string of the molecule is C=CC(=O)NCCOc1ccc(-c2ccc(-c3ccc(-c4ccc(CCCCC)cc4)cc3F)cc2F)cc1. The van der Waals surface area contributed by atoms with Crippen LogP contribution in [-0.4, -0.2) is 19.1 Å². The maximum Gasteiger partial charge on any atom is 0.243 e. The Bertz CT molecular complexity index is 1410. The number of hydrogen-bond donors (Lipinski definition) is 1. The lowest BCUT2D eigenvalue weighted by atomic mass is 9.96. The molecule has 1 N–H and O–H groups in total. The fourth-order valence-corrected chi connectivity index (χ4v) is 4.43. The highest BCUT2D eigenvalue weighted by Crippen LogP contribution is 2.32. The van der Waals surface area contributed by atoms with E-state index in [4.69, 9.17) is 4.74 Å². The summed E-state index contributed by atoms with van der Waals surface area (Å²) >= 11 is 0. The Hall–Kier alpha value is -4.25. The van der Waals surface area contributed by atoms with Crippen LogP contribution in [-0.2, 0) is 11.2 Å². The molecule has 0 saturated carbocycles. The molecule has 0 fully saturated rings. The van der Waals surface area contributed by atoms with Gasteiger partial charge in [-0.1, -0.05) is 87.0 Å². The third-order valence-corrected chi connectivity index (χ3v) is 6.63. The van der Waals surface area contributed by atoms with Crippen LogP contribution in [0.15, 0.2) is 97.6 Å². The van der Waals surface area contributed by atoms with E-state index in [0.717, 1.165) is 17.5 Å². The van der Waals surface area contributed by atoms with Crippen LogP contribution >= 0.6 is 0 Å². The van der Waals surface area contributed by atoms with Crippen LogP contribution in [0.5, 0.6) is 5.75 Å². The number of hydrogen-bond acceptors (Lipinski definition) is 2. The van der Waals surface area contributed by atoms with Crippen molar-refractivity contribution in [2.75, 3.05) is 13.2 Å². The predicted octanol–water partition coefficient (Wildman–Crippen LogP) is 8.38. The predicted molar refractivity (Wildman–Crippen MR) is 155 cm³/mol. The van der Waals surface area contributed by atoms with E-state index in [1.807, 2.05) is 18.2 Å². The van der Waals surface area contributed by atoms with E-state index in [9.17, 15) is 4.79 Å². The van der Waals surface area contributed by atoms with Crippen molar-refractivity contribution < 1.29 is 18.3 Å². The molecule has 0 unspecified atom stereocenters. The summed E-state index contributed by atoms with van der Waals surface area (Å²) in [7, 11) is 0. The lowest BCUT2D eigenvalue weighted by molar-refractivity contribution is -0.116. The van der Waals surface area contributed by atoms with Crippen LogP contribution in [0, 0.1) is 11.6 Å². The lowest BCUT2D eigenvalue weighted by Crippen LogP contribution is -2.26. The molecule has 4 aromatic rings. The highest BCUT2D eigenvalue weighted by atomic mass is 19.1. The van der Waals surface area contributed by atoms with Crippen molar-refractivity contribution in [2.45, 2.75) is 32.6 Å². The molecule has 0 heterocycles. The molecule has 0 spiro atoms. The zero-order valence-corrected chi connectivity index (χ0v) is 22.2. The molecule has 5 heteroatoms. The summed E-state index contributed by atoms with van der Waals surface area (Å²) in [6, 6.07) is 25.1. The minimum Gasteiger partial charge on any atom is -0.492 e. The number of ether oxygens (including phenoxy) is 1. The fraction of sp³-hybridized carbons (Fsp3) is 0.206. The average Bonchev–Trinajstić information content (AvgIpc) is 2.96. The van der Waals surface area contributed by atoms with Gasteiger partial charge in [0.2, 0.25) is 5.91 Å². The van der Waals surface area contributed by atoms with Crippen molar-refractivity contribution in [1.29, 1.82) is 0 Å². The molecular formula is C34H33F2NO2. The van der Waals surface area contributed by atoms with Gasteiger partial charge in [0.25, 0.3) is 0 Å². The quantitative estimate of drug-likeness (QED) is 0.149. The molecule has 0 aliphatic carbocycles. The normalized spacial score (nSPS) is 10.7. The first-order valence-electron chi connectivity index (χ1n) is 13.3. The molecule has 0 aliphatic heterocycles. The van der Waals surface area contributed by atoms with E-state index in [-0.39, 0.29) is 5.91 Å². The Balaban J connectivity index is 1.43. The lowest BCUT2D eigenvalue weighted by Gasteiger charge is -2.11. The number of amides is 1. The fourth-order valence-electron chi connectivity index (χ4n) is 4.43. The van der Waals surface area contributed by atoms with Crippen molar-refractivity contribution in [3.05, 3.63) is 115 Å². The molecule has 3 nitrogen and oxygen atoms in total. The van der Waals surface area contributed by atoms with Crippen molar-refractivity contribution in [1.82, 2.24) is 5.32 Å². The summed E-state index contributed by atoms with van der Waals surface area (Å²) in [5.41, 5.74) is 4.96. The Morgan fingerprint density at radius 1 is 0.795 bits per heavy atom. The number of nitrogens with one attached hydrogen (secondary N) is 1. The molecule has 1 amide bonds. The number of benzene rings is 4. The second-order valence-electron chi connectivity index (χ2n) is 9.41. The number of carbonyl (C=O) groups is 1. The van der Waals surface area contributed by atoms with Crippen LogP contribution in [0.1, 0.15) is 31.7 Å². The Kier molecular flexibility index (Phi) is 9.63. The Morgan fingerprint density at radius 3 is 2.03 bits per heavy atom.